The Kier molecular flexibility index (Phi) is 6.53. The Hall–Kier alpha value is -1.26. The van der Waals surface area contributed by atoms with Crippen molar-refractivity contribution in [2.24, 2.45) is 10.4 Å². The summed E-state index contributed by atoms with van der Waals surface area (Å²) in [7, 11) is 1.64. The van der Waals surface area contributed by atoms with E-state index in [0.29, 0.717) is 6.54 Å². The van der Waals surface area contributed by atoms with Gasteiger partial charge in [0.25, 0.3) is 0 Å². The summed E-state index contributed by atoms with van der Waals surface area (Å²) >= 11 is 0. The Morgan fingerprint density at radius 3 is 2.06 bits per heavy atom. The number of carbonyl (C=O) groups excluding carboxylic acids is 1. The molecule has 0 atom stereocenters. The molecule has 5 heteroatoms. The zero-order chi connectivity index (χ0) is 12.6. The van der Waals surface area contributed by atoms with Crippen molar-refractivity contribution in [3.63, 3.8) is 0 Å². The molecule has 16 heavy (non-hydrogen) atoms. The van der Waals surface area contributed by atoms with Crippen LogP contribution >= 0.6 is 0 Å². The predicted molar refractivity (Wildman–Crippen MR) is 67.5 cm³/mol. The molecule has 0 spiro atoms. The minimum absolute atomic E-state index is 0.00333. The van der Waals surface area contributed by atoms with Crippen LogP contribution in [0.1, 0.15) is 27.7 Å². The number of aliphatic imine (C=N–C) groups is 1. The number of nitrogens with one attached hydrogen (secondary N) is 3. The fourth-order valence-electron chi connectivity index (χ4n) is 1.20. The molecule has 0 heterocycles. The number of hydrogen-bond acceptors (Lipinski definition) is 2. The molecule has 0 rings (SSSR count). The van der Waals surface area contributed by atoms with Crippen molar-refractivity contribution < 1.29 is 4.79 Å². The Labute approximate surface area is 98.1 Å². The average molecular weight is 228 g/mol. The normalized spacial score (nSPS) is 10.6. The maximum Gasteiger partial charge on any atom is 0.227 e. The van der Waals surface area contributed by atoms with E-state index in [0.717, 1.165) is 19.0 Å². The van der Waals surface area contributed by atoms with Gasteiger partial charge < -0.3 is 16.0 Å². The van der Waals surface area contributed by atoms with Crippen molar-refractivity contribution in [3.05, 3.63) is 0 Å². The van der Waals surface area contributed by atoms with Crippen LogP contribution in [0.4, 0.5) is 0 Å². The third kappa shape index (κ3) is 5.00. The molecule has 0 unspecified atom stereocenters. The largest absolute Gasteiger partial charge is 0.359 e. The van der Waals surface area contributed by atoms with E-state index in [-0.39, 0.29) is 5.91 Å². The van der Waals surface area contributed by atoms with E-state index in [1.54, 1.807) is 7.05 Å². The van der Waals surface area contributed by atoms with Gasteiger partial charge in [-0.2, -0.15) is 0 Å². The monoisotopic (exact) mass is 228 g/mol. The molecule has 5 nitrogen and oxygen atoms in total. The van der Waals surface area contributed by atoms with E-state index < -0.39 is 5.41 Å². The number of hydrogen-bond donors (Lipinski definition) is 3. The lowest BCUT2D eigenvalue weighted by Gasteiger charge is -2.20. The molecule has 3 N–H and O–H groups in total. The molecule has 0 radical (unpaired) electrons. The van der Waals surface area contributed by atoms with Gasteiger partial charge in [0.2, 0.25) is 5.91 Å². The molecule has 0 aliphatic heterocycles. The molecule has 0 aliphatic carbocycles. The van der Waals surface area contributed by atoms with E-state index in [4.69, 9.17) is 0 Å². The van der Waals surface area contributed by atoms with Gasteiger partial charge >= 0.3 is 0 Å². The first-order valence-electron chi connectivity index (χ1n) is 5.72. The van der Waals surface area contributed by atoms with Gasteiger partial charge in [0.05, 0.1) is 12.0 Å². The van der Waals surface area contributed by atoms with Crippen molar-refractivity contribution in [2.45, 2.75) is 27.7 Å². The third-order valence-electron chi connectivity index (χ3n) is 2.16. The standard InChI is InChI=1S/C11H24N4O/c1-6-13-10(14-7-2)15-8-11(3,4)9(16)12-5/h6-8H2,1-5H3,(H,12,16)(H2,13,14,15). The summed E-state index contributed by atoms with van der Waals surface area (Å²) < 4.78 is 0. The van der Waals surface area contributed by atoms with Gasteiger partial charge in [0.15, 0.2) is 5.96 Å². The molecule has 0 aromatic rings. The first-order chi connectivity index (χ1) is 7.47. The number of guanidine groups is 1. The summed E-state index contributed by atoms with van der Waals surface area (Å²) in [5.74, 6) is 0.755. The molecule has 0 fully saturated rings. The Bertz CT molecular complexity index is 240. The van der Waals surface area contributed by atoms with Gasteiger partial charge in [-0.1, -0.05) is 0 Å². The van der Waals surface area contributed by atoms with Gasteiger partial charge in [-0.05, 0) is 27.7 Å². The van der Waals surface area contributed by atoms with Crippen molar-refractivity contribution in [3.8, 4) is 0 Å². The predicted octanol–water partition coefficient (Wildman–Crippen LogP) is 0.334. The number of amides is 1. The van der Waals surface area contributed by atoms with Crippen LogP contribution in [0, 0.1) is 5.41 Å². The van der Waals surface area contributed by atoms with Crippen LogP contribution in [0.25, 0.3) is 0 Å². The highest BCUT2D eigenvalue weighted by Crippen LogP contribution is 2.14. The second kappa shape index (κ2) is 7.09. The lowest BCUT2D eigenvalue weighted by molar-refractivity contribution is -0.128. The Morgan fingerprint density at radius 1 is 1.19 bits per heavy atom. The van der Waals surface area contributed by atoms with E-state index in [2.05, 4.69) is 20.9 Å². The van der Waals surface area contributed by atoms with Crippen LogP contribution in [-0.4, -0.2) is 38.5 Å². The molecule has 0 saturated carbocycles. The van der Waals surface area contributed by atoms with E-state index in [1.165, 1.54) is 0 Å². The molecule has 0 aliphatic rings. The summed E-state index contributed by atoms with van der Waals surface area (Å²) in [6.07, 6.45) is 0. The Balaban J connectivity index is 4.44. The van der Waals surface area contributed by atoms with Crippen molar-refractivity contribution in [2.75, 3.05) is 26.7 Å². The molecule has 0 aromatic heterocycles. The van der Waals surface area contributed by atoms with Crippen LogP contribution in [0.15, 0.2) is 4.99 Å². The van der Waals surface area contributed by atoms with Crippen LogP contribution < -0.4 is 16.0 Å². The fourth-order valence-corrected chi connectivity index (χ4v) is 1.20. The maximum absolute atomic E-state index is 11.5. The molecule has 94 valence electrons. The lowest BCUT2D eigenvalue weighted by atomic mass is 9.93. The van der Waals surface area contributed by atoms with Crippen LogP contribution in [0.2, 0.25) is 0 Å². The average Bonchev–Trinajstić information content (AvgIpc) is 2.25. The van der Waals surface area contributed by atoms with Gasteiger partial charge in [0.1, 0.15) is 0 Å². The van der Waals surface area contributed by atoms with Crippen molar-refractivity contribution in [1.82, 2.24) is 16.0 Å². The van der Waals surface area contributed by atoms with Crippen LogP contribution in [0.5, 0.6) is 0 Å². The minimum Gasteiger partial charge on any atom is -0.359 e. The van der Waals surface area contributed by atoms with Crippen molar-refractivity contribution in [1.29, 1.82) is 0 Å². The summed E-state index contributed by atoms with van der Waals surface area (Å²) in [5, 5.41) is 8.88. The smallest absolute Gasteiger partial charge is 0.227 e. The number of nitrogens with zero attached hydrogens (tertiary/aromatic N) is 1. The second-order valence-corrected chi connectivity index (χ2v) is 4.19. The molecular formula is C11H24N4O. The van der Waals surface area contributed by atoms with Crippen molar-refractivity contribution >= 4 is 11.9 Å². The zero-order valence-corrected chi connectivity index (χ0v) is 11.0. The SMILES string of the molecule is CCNC(=NCC(C)(C)C(=O)NC)NCC. The Morgan fingerprint density at radius 2 is 1.69 bits per heavy atom. The van der Waals surface area contributed by atoms with Gasteiger partial charge in [-0.3, -0.25) is 9.79 Å². The van der Waals surface area contributed by atoms with E-state index in [1.807, 2.05) is 27.7 Å². The van der Waals surface area contributed by atoms with Crippen LogP contribution in [-0.2, 0) is 4.79 Å². The third-order valence-corrected chi connectivity index (χ3v) is 2.16. The quantitative estimate of drug-likeness (QED) is 0.469. The number of rotatable bonds is 5. The topological polar surface area (TPSA) is 65.5 Å². The van der Waals surface area contributed by atoms with Gasteiger partial charge in [-0.25, -0.2) is 0 Å². The maximum atomic E-state index is 11.5. The van der Waals surface area contributed by atoms with E-state index in [9.17, 15) is 4.79 Å². The summed E-state index contributed by atoms with van der Waals surface area (Å²) in [6.45, 7) is 9.86. The number of carbonyl (C=O) groups is 1. The molecule has 0 aromatic carbocycles. The highest BCUT2D eigenvalue weighted by Gasteiger charge is 2.26. The second-order valence-electron chi connectivity index (χ2n) is 4.19. The highest BCUT2D eigenvalue weighted by molar-refractivity contribution is 5.83. The summed E-state index contributed by atoms with van der Waals surface area (Å²) in [6, 6.07) is 0. The zero-order valence-electron chi connectivity index (χ0n) is 11.0. The molecule has 0 bridgehead atoms. The molecule has 1 amide bonds. The summed E-state index contributed by atoms with van der Waals surface area (Å²) in [5.41, 5.74) is -0.481. The molecular weight excluding hydrogens is 204 g/mol. The van der Waals surface area contributed by atoms with E-state index >= 15 is 0 Å². The summed E-state index contributed by atoms with van der Waals surface area (Å²) in [4.78, 5) is 15.9. The van der Waals surface area contributed by atoms with Gasteiger partial charge in [0, 0.05) is 20.1 Å². The highest BCUT2D eigenvalue weighted by atomic mass is 16.2. The van der Waals surface area contributed by atoms with Crippen LogP contribution in [0.3, 0.4) is 0 Å². The lowest BCUT2D eigenvalue weighted by Crippen LogP contribution is -2.40. The molecule has 0 saturated heterocycles. The first-order valence-corrected chi connectivity index (χ1v) is 5.72. The van der Waals surface area contributed by atoms with Gasteiger partial charge in [-0.15, -0.1) is 0 Å². The minimum atomic E-state index is -0.481. The first kappa shape index (κ1) is 14.7. The fraction of sp³-hybridized carbons (Fsp3) is 0.818.